The molecule has 18 heavy (non-hydrogen) atoms. The van der Waals surface area contributed by atoms with Gasteiger partial charge in [-0.15, -0.1) is 0 Å². The van der Waals surface area contributed by atoms with Crippen molar-refractivity contribution in [3.63, 3.8) is 0 Å². The Kier molecular flexibility index (Phi) is 3.21. The smallest absolute Gasteiger partial charge is 0.140 e. The van der Waals surface area contributed by atoms with Crippen molar-refractivity contribution in [2.75, 3.05) is 12.8 Å². The van der Waals surface area contributed by atoms with E-state index in [0.29, 0.717) is 11.7 Å². The van der Waals surface area contributed by atoms with E-state index >= 15 is 0 Å². The summed E-state index contributed by atoms with van der Waals surface area (Å²) in [5.74, 6) is 2.11. The SMILES string of the molecule is Cc1nc(C2CC3CCC(C2)N3C)nc(N)c1I. The molecule has 0 radical (unpaired) electrons. The van der Waals surface area contributed by atoms with Gasteiger partial charge in [0.1, 0.15) is 11.6 Å². The van der Waals surface area contributed by atoms with E-state index in [9.17, 15) is 0 Å². The van der Waals surface area contributed by atoms with Crippen LogP contribution in [0.5, 0.6) is 0 Å². The average molecular weight is 358 g/mol. The quantitative estimate of drug-likeness (QED) is 0.783. The molecule has 98 valence electrons. The van der Waals surface area contributed by atoms with Crippen LogP contribution in [0.2, 0.25) is 0 Å². The summed E-state index contributed by atoms with van der Waals surface area (Å²) in [5, 5.41) is 0. The fourth-order valence-electron chi connectivity index (χ4n) is 3.41. The minimum atomic E-state index is 0.497. The van der Waals surface area contributed by atoms with Crippen molar-refractivity contribution in [2.45, 2.75) is 50.6 Å². The first-order valence-corrected chi connectivity index (χ1v) is 7.65. The van der Waals surface area contributed by atoms with Crippen LogP contribution in [0, 0.1) is 10.5 Å². The monoisotopic (exact) mass is 358 g/mol. The number of nitrogen functional groups attached to an aromatic ring is 1. The number of fused-ring (bicyclic) bond motifs is 2. The molecule has 2 N–H and O–H groups in total. The standard InChI is InChI=1S/C13H19IN4/c1-7-11(14)12(15)17-13(16-7)8-5-9-3-4-10(6-8)18(9)2/h8-10H,3-6H2,1-2H3,(H2,15,16,17). The molecule has 3 heterocycles. The van der Waals surface area contributed by atoms with Crippen LogP contribution in [-0.2, 0) is 0 Å². The van der Waals surface area contributed by atoms with Gasteiger partial charge in [0.2, 0.25) is 0 Å². The predicted molar refractivity (Wildman–Crippen MR) is 80.4 cm³/mol. The lowest BCUT2D eigenvalue weighted by molar-refractivity contribution is 0.159. The first-order valence-electron chi connectivity index (χ1n) is 6.57. The fourth-order valence-corrected chi connectivity index (χ4v) is 3.65. The molecular weight excluding hydrogens is 339 g/mol. The topological polar surface area (TPSA) is 55.0 Å². The molecule has 2 bridgehead atoms. The molecule has 2 aliphatic heterocycles. The summed E-state index contributed by atoms with van der Waals surface area (Å²) < 4.78 is 0.993. The lowest BCUT2D eigenvalue weighted by Gasteiger charge is -2.35. The van der Waals surface area contributed by atoms with Gasteiger partial charge in [0.25, 0.3) is 0 Å². The molecule has 1 aromatic heterocycles. The highest BCUT2D eigenvalue weighted by atomic mass is 127. The number of hydrogen-bond donors (Lipinski definition) is 1. The molecule has 0 spiro atoms. The maximum atomic E-state index is 5.97. The molecule has 1 aromatic rings. The Morgan fingerprint density at radius 1 is 1.22 bits per heavy atom. The summed E-state index contributed by atoms with van der Waals surface area (Å²) in [4.78, 5) is 11.7. The highest BCUT2D eigenvalue weighted by Crippen LogP contribution is 2.41. The summed E-state index contributed by atoms with van der Waals surface area (Å²) >= 11 is 2.22. The number of nitrogens with two attached hydrogens (primary N) is 1. The number of aryl methyl sites for hydroxylation is 1. The second-order valence-corrected chi connectivity index (χ2v) is 6.66. The van der Waals surface area contributed by atoms with Crippen molar-refractivity contribution in [1.82, 2.24) is 14.9 Å². The lowest BCUT2D eigenvalue weighted by atomic mass is 9.90. The second kappa shape index (κ2) is 4.59. The molecule has 2 unspecified atom stereocenters. The maximum absolute atomic E-state index is 5.97. The van der Waals surface area contributed by atoms with Gasteiger partial charge in [-0.2, -0.15) is 0 Å². The summed E-state index contributed by atoms with van der Waals surface area (Å²) in [5.41, 5.74) is 6.99. The van der Waals surface area contributed by atoms with Crippen molar-refractivity contribution in [1.29, 1.82) is 0 Å². The molecule has 2 atom stereocenters. The minimum absolute atomic E-state index is 0.497. The predicted octanol–water partition coefficient (Wildman–Crippen LogP) is 2.31. The van der Waals surface area contributed by atoms with Crippen molar-refractivity contribution >= 4 is 28.4 Å². The van der Waals surface area contributed by atoms with E-state index in [-0.39, 0.29) is 0 Å². The van der Waals surface area contributed by atoms with Crippen LogP contribution in [0.3, 0.4) is 0 Å². The molecule has 0 aromatic carbocycles. The molecule has 0 amide bonds. The number of anilines is 1. The first kappa shape index (κ1) is 12.6. The molecule has 0 aliphatic carbocycles. The van der Waals surface area contributed by atoms with Crippen molar-refractivity contribution < 1.29 is 0 Å². The van der Waals surface area contributed by atoms with Crippen LogP contribution >= 0.6 is 22.6 Å². The van der Waals surface area contributed by atoms with Gasteiger partial charge in [-0.05, 0) is 62.2 Å². The Labute approximate surface area is 122 Å². The number of rotatable bonds is 1. The zero-order valence-electron chi connectivity index (χ0n) is 10.9. The normalized spacial score (nSPS) is 31.8. The summed E-state index contributed by atoms with van der Waals surface area (Å²) in [7, 11) is 2.26. The Morgan fingerprint density at radius 3 is 2.39 bits per heavy atom. The Balaban J connectivity index is 1.88. The fraction of sp³-hybridized carbons (Fsp3) is 0.692. The van der Waals surface area contributed by atoms with Gasteiger partial charge >= 0.3 is 0 Å². The highest BCUT2D eigenvalue weighted by Gasteiger charge is 2.39. The number of piperidine rings is 1. The summed E-state index contributed by atoms with van der Waals surface area (Å²) in [6.07, 6.45) is 5.03. The van der Waals surface area contributed by atoms with Gasteiger partial charge in [0.05, 0.1) is 9.26 Å². The van der Waals surface area contributed by atoms with Crippen LogP contribution in [0.1, 0.15) is 43.1 Å². The second-order valence-electron chi connectivity index (χ2n) is 5.59. The number of hydrogen-bond acceptors (Lipinski definition) is 4. The number of nitrogens with zero attached hydrogens (tertiary/aromatic N) is 3. The minimum Gasteiger partial charge on any atom is -0.383 e. The van der Waals surface area contributed by atoms with E-state index in [1.54, 1.807) is 0 Å². The molecule has 4 nitrogen and oxygen atoms in total. The van der Waals surface area contributed by atoms with Gasteiger partial charge in [0, 0.05) is 18.0 Å². The van der Waals surface area contributed by atoms with Crippen molar-refractivity contribution in [3.05, 3.63) is 15.1 Å². The van der Waals surface area contributed by atoms with E-state index in [0.717, 1.165) is 27.2 Å². The molecule has 0 saturated carbocycles. The van der Waals surface area contributed by atoms with E-state index < -0.39 is 0 Å². The van der Waals surface area contributed by atoms with E-state index in [1.165, 1.54) is 25.7 Å². The average Bonchev–Trinajstić information content (AvgIpc) is 2.57. The third kappa shape index (κ3) is 2.01. The largest absolute Gasteiger partial charge is 0.383 e. The van der Waals surface area contributed by atoms with Crippen LogP contribution < -0.4 is 5.73 Å². The molecular formula is C13H19IN4. The van der Waals surface area contributed by atoms with Crippen molar-refractivity contribution in [3.8, 4) is 0 Å². The van der Waals surface area contributed by atoms with E-state index in [4.69, 9.17) is 5.73 Å². The number of halogens is 1. The highest BCUT2D eigenvalue weighted by molar-refractivity contribution is 14.1. The van der Waals surface area contributed by atoms with Gasteiger partial charge in [0.15, 0.2) is 0 Å². The molecule has 3 rings (SSSR count). The Hall–Kier alpha value is -0.430. The van der Waals surface area contributed by atoms with E-state index in [1.807, 2.05) is 6.92 Å². The molecule has 2 fully saturated rings. The van der Waals surface area contributed by atoms with Gasteiger partial charge < -0.3 is 10.6 Å². The Morgan fingerprint density at radius 2 is 1.83 bits per heavy atom. The molecule has 2 saturated heterocycles. The van der Waals surface area contributed by atoms with Crippen LogP contribution in [0.25, 0.3) is 0 Å². The summed E-state index contributed by atoms with van der Waals surface area (Å²) in [6.45, 7) is 2.02. The van der Waals surface area contributed by atoms with E-state index in [2.05, 4.69) is 44.5 Å². The molecule has 5 heteroatoms. The number of aromatic nitrogens is 2. The van der Waals surface area contributed by atoms with Gasteiger partial charge in [-0.25, -0.2) is 9.97 Å². The van der Waals surface area contributed by atoms with Crippen LogP contribution in [0.15, 0.2) is 0 Å². The zero-order valence-corrected chi connectivity index (χ0v) is 13.0. The summed E-state index contributed by atoms with van der Waals surface area (Å²) in [6, 6.07) is 1.44. The molecule has 2 aliphatic rings. The van der Waals surface area contributed by atoms with Gasteiger partial charge in [-0.3, -0.25) is 0 Å². The first-order chi connectivity index (χ1) is 8.56. The maximum Gasteiger partial charge on any atom is 0.140 e. The van der Waals surface area contributed by atoms with Crippen LogP contribution in [0.4, 0.5) is 5.82 Å². The van der Waals surface area contributed by atoms with Crippen molar-refractivity contribution in [2.24, 2.45) is 0 Å². The van der Waals surface area contributed by atoms with Gasteiger partial charge in [-0.1, -0.05) is 0 Å². The zero-order chi connectivity index (χ0) is 12.9. The lowest BCUT2D eigenvalue weighted by Crippen LogP contribution is -2.39. The third-order valence-corrected chi connectivity index (χ3v) is 5.86. The Bertz CT molecular complexity index is 439. The third-order valence-electron chi connectivity index (χ3n) is 4.52. The van der Waals surface area contributed by atoms with Crippen LogP contribution in [-0.4, -0.2) is 34.0 Å².